The van der Waals surface area contributed by atoms with Crippen molar-refractivity contribution in [1.82, 2.24) is 25.3 Å². The minimum atomic E-state index is -0.273. The molecule has 0 bridgehead atoms. The van der Waals surface area contributed by atoms with Crippen LogP contribution in [0.2, 0.25) is 0 Å². The van der Waals surface area contributed by atoms with E-state index in [0.29, 0.717) is 17.1 Å². The zero-order valence-corrected chi connectivity index (χ0v) is 13.2. The van der Waals surface area contributed by atoms with Crippen molar-refractivity contribution in [2.24, 2.45) is 0 Å². The van der Waals surface area contributed by atoms with Crippen LogP contribution in [0.3, 0.4) is 0 Å². The van der Waals surface area contributed by atoms with E-state index in [1.54, 1.807) is 16.9 Å². The van der Waals surface area contributed by atoms with E-state index in [9.17, 15) is 9.59 Å². The normalized spacial score (nSPS) is 16.0. The Labute approximate surface area is 134 Å². The Balaban J connectivity index is 1.76. The van der Waals surface area contributed by atoms with Crippen LogP contribution in [0.5, 0.6) is 0 Å². The molecule has 1 saturated carbocycles. The quantitative estimate of drug-likeness (QED) is 0.843. The summed E-state index contributed by atoms with van der Waals surface area (Å²) in [5, 5.41) is 13.7. The smallest absolute Gasteiger partial charge is 0.264 e. The van der Waals surface area contributed by atoms with Crippen LogP contribution in [0.25, 0.3) is 5.82 Å². The number of aromatic nitrogens is 4. The first-order valence-corrected chi connectivity index (χ1v) is 8.07. The van der Waals surface area contributed by atoms with Gasteiger partial charge in [0.1, 0.15) is 0 Å². The van der Waals surface area contributed by atoms with Gasteiger partial charge in [-0.05, 0) is 25.8 Å². The molecule has 2 aromatic heterocycles. The van der Waals surface area contributed by atoms with Gasteiger partial charge in [0.05, 0.1) is 17.5 Å². The molecule has 122 valence electrons. The van der Waals surface area contributed by atoms with Crippen molar-refractivity contribution in [3.05, 3.63) is 39.9 Å². The van der Waals surface area contributed by atoms with Crippen molar-refractivity contribution >= 4 is 5.91 Å². The molecule has 1 aliphatic carbocycles. The van der Waals surface area contributed by atoms with E-state index < -0.39 is 0 Å². The third kappa shape index (κ3) is 3.49. The highest BCUT2D eigenvalue weighted by Crippen LogP contribution is 2.18. The molecule has 0 atom stereocenters. The molecule has 3 rings (SSSR count). The van der Waals surface area contributed by atoms with Crippen molar-refractivity contribution in [1.29, 1.82) is 0 Å². The molecular formula is C16H21N5O2. The molecule has 2 heterocycles. The Bertz CT molecular complexity index is 721. The summed E-state index contributed by atoms with van der Waals surface area (Å²) in [6.07, 6.45) is 8.48. The molecule has 1 aliphatic rings. The lowest BCUT2D eigenvalue weighted by atomic mass is 10.1. The Morgan fingerprint density at radius 1 is 1.26 bits per heavy atom. The lowest BCUT2D eigenvalue weighted by Crippen LogP contribution is -2.34. The summed E-state index contributed by atoms with van der Waals surface area (Å²) in [4.78, 5) is 23.6. The molecule has 23 heavy (non-hydrogen) atoms. The first-order chi connectivity index (χ1) is 11.1. The van der Waals surface area contributed by atoms with E-state index in [-0.39, 0.29) is 17.5 Å². The van der Waals surface area contributed by atoms with Crippen LogP contribution in [0.15, 0.2) is 23.1 Å². The van der Waals surface area contributed by atoms with Gasteiger partial charge in [0, 0.05) is 12.1 Å². The van der Waals surface area contributed by atoms with Gasteiger partial charge in [0.2, 0.25) is 0 Å². The molecule has 7 nitrogen and oxygen atoms in total. The number of rotatable bonds is 3. The zero-order valence-electron chi connectivity index (χ0n) is 13.2. The van der Waals surface area contributed by atoms with E-state index in [0.717, 1.165) is 12.8 Å². The highest BCUT2D eigenvalue weighted by molar-refractivity contribution is 5.95. The highest BCUT2D eigenvalue weighted by Gasteiger charge is 2.20. The van der Waals surface area contributed by atoms with Gasteiger partial charge in [0.25, 0.3) is 11.5 Å². The van der Waals surface area contributed by atoms with Crippen LogP contribution in [0.1, 0.15) is 54.6 Å². The predicted octanol–water partition coefficient (Wildman–Crippen LogP) is 1.72. The van der Waals surface area contributed by atoms with Gasteiger partial charge in [-0.1, -0.05) is 25.7 Å². The summed E-state index contributed by atoms with van der Waals surface area (Å²) in [5.41, 5.74) is 0.975. The molecule has 2 aromatic rings. The second-order valence-corrected chi connectivity index (χ2v) is 6.00. The Morgan fingerprint density at radius 3 is 2.65 bits per heavy atom. The summed E-state index contributed by atoms with van der Waals surface area (Å²) < 4.78 is 1.55. The zero-order chi connectivity index (χ0) is 16.2. The summed E-state index contributed by atoms with van der Waals surface area (Å²) >= 11 is 0. The van der Waals surface area contributed by atoms with Gasteiger partial charge in [-0.3, -0.25) is 9.59 Å². The number of nitrogens with zero attached hydrogens (tertiary/aromatic N) is 3. The number of amides is 1. The molecule has 0 saturated heterocycles. The van der Waals surface area contributed by atoms with Crippen LogP contribution in [0.4, 0.5) is 0 Å². The highest BCUT2D eigenvalue weighted by atomic mass is 16.1. The fraction of sp³-hybridized carbons (Fsp3) is 0.500. The number of H-pyrrole nitrogens is 1. The van der Waals surface area contributed by atoms with Crippen molar-refractivity contribution in [2.75, 3.05) is 0 Å². The number of hydrogen-bond donors (Lipinski definition) is 2. The molecule has 0 aromatic carbocycles. The largest absolute Gasteiger partial charge is 0.349 e. The Hall–Kier alpha value is -2.44. The van der Waals surface area contributed by atoms with E-state index in [4.69, 9.17) is 0 Å². The van der Waals surface area contributed by atoms with E-state index in [1.165, 1.54) is 31.7 Å². The van der Waals surface area contributed by atoms with Gasteiger partial charge in [-0.25, -0.2) is 9.78 Å². The minimum absolute atomic E-state index is 0.0925. The standard InChI is InChI=1S/C16H21N5O2/c1-11-13(16(23)18-12-6-4-2-3-5-7-12)10-17-21(11)14-8-9-15(22)20-19-14/h8-10,12H,2-7H2,1H3,(H,18,23)(H,20,22). The summed E-state index contributed by atoms with van der Waals surface area (Å²) in [5.74, 6) is 0.390. The van der Waals surface area contributed by atoms with Gasteiger partial charge in [0.15, 0.2) is 5.82 Å². The number of carbonyl (C=O) groups excluding carboxylic acids is 1. The maximum Gasteiger partial charge on any atom is 0.264 e. The number of aromatic amines is 1. The Kier molecular flexibility index (Phi) is 4.55. The maximum atomic E-state index is 12.5. The van der Waals surface area contributed by atoms with Crippen molar-refractivity contribution in [3.8, 4) is 5.82 Å². The molecule has 0 radical (unpaired) electrons. The monoisotopic (exact) mass is 315 g/mol. The minimum Gasteiger partial charge on any atom is -0.349 e. The second kappa shape index (κ2) is 6.76. The van der Waals surface area contributed by atoms with Crippen LogP contribution in [-0.4, -0.2) is 31.9 Å². The van der Waals surface area contributed by atoms with Crippen LogP contribution in [0, 0.1) is 6.92 Å². The summed E-state index contributed by atoms with van der Waals surface area (Å²) in [6, 6.07) is 3.21. The van der Waals surface area contributed by atoms with Gasteiger partial charge in [-0.2, -0.15) is 10.2 Å². The van der Waals surface area contributed by atoms with E-state index in [2.05, 4.69) is 20.6 Å². The molecule has 1 fully saturated rings. The molecular weight excluding hydrogens is 294 g/mol. The second-order valence-electron chi connectivity index (χ2n) is 6.00. The lowest BCUT2D eigenvalue weighted by Gasteiger charge is -2.15. The first kappa shape index (κ1) is 15.5. The summed E-state index contributed by atoms with van der Waals surface area (Å²) in [7, 11) is 0. The SMILES string of the molecule is Cc1c(C(=O)NC2CCCCCC2)cnn1-c1ccc(=O)[nH]n1. The van der Waals surface area contributed by atoms with Crippen LogP contribution in [-0.2, 0) is 0 Å². The molecule has 0 unspecified atom stereocenters. The van der Waals surface area contributed by atoms with Gasteiger partial charge in [-0.15, -0.1) is 0 Å². The predicted molar refractivity (Wildman–Crippen MR) is 85.7 cm³/mol. The average Bonchev–Trinajstić information content (AvgIpc) is 2.75. The lowest BCUT2D eigenvalue weighted by molar-refractivity contribution is 0.0932. The fourth-order valence-electron chi connectivity index (χ4n) is 3.01. The van der Waals surface area contributed by atoms with Crippen molar-refractivity contribution in [3.63, 3.8) is 0 Å². The molecule has 1 amide bonds. The van der Waals surface area contributed by atoms with Crippen molar-refractivity contribution in [2.45, 2.75) is 51.5 Å². The molecule has 0 aliphatic heterocycles. The fourth-order valence-corrected chi connectivity index (χ4v) is 3.01. The molecule has 0 spiro atoms. The maximum absolute atomic E-state index is 12.5. The van der Waals surface area contributed by atoms with E-state index >= 15 is 0 Å². The average molecular weight is 315 g/mol. The van der Waals surface area contributed by atoms with Gasteiger partial charge < -0.3 is 5.32 Å². The Morgan fingerprint density at radius 2 is 2.00 bits per heavy atom. The van der Waals surface area contributed by atoms with Crippen molar-refractivity contribution < 1.29 is 4.79 Å². The number of nitrogens with one attached hydrogen (secondary N) is 2. The summed E-state index contributed by atoms with van der Waals surface area (Å²) in [6.45, 7) is 1.82. The number of carbonyl (C=O) groups is 1. The third-order valence-corrected chi connectivity index (χ3v) is 4.33. The topological polar surface area (TPSA) is 92.7 Å². The van der Waals surface area contributed by atoms with Crippen LogP contribution >= 0.6 is 0 Å². The molecule has 7 heteroatoms. The first-order valence-electron chi connectivity index (χ1n) is 8.07. The van der Waals surface area contributed by atoms with Crippen LogP contribution < -0.4 is 10.9 Å². The number of hydrogen-bond acceptors (Lipinski definition) is 4. The van der Waals surface area contributed by atoms with E-state index in [1.807, 2.05) is 6.92 Å². The molecule has 2 N–H and O–H groups in total. The van der Waals surface area contributed by atoms with Gasteiger partial charge >= 0.3 is 0 Å². The third-order valence-electron chi connectivity index (χ3n) is 4.33.